The Morgan fingerprint density at radius 1 is 1.33 bits per heavy atom. The van der Waals surface area contributed by atoms with E-state index in [4.69, 9.17) is 10.00 Å². The highest BCUT2D eigenvalue weighted by Gasteiger charge is 2.05. The number of H-pyrrole nitrogens is 1. The van der Waals surface area contributed by atoms with Gasteiger partial charge >= 0.3 is 0 Å². The predicted molar refractivity (Wildman–Crippen MR) is 91.1 cm³/mol. The molecule has 0 amide bonds. The first-order valence-corrected chi connectivity index (χ1v) is 7.82. The molecule has 2 N–H and O–H groups in total. The first-order chi connectivity index (χ1) is 11.8. The standard InChI is InChI=1S/C16H21N7O/c1-3-23(4-2)9-10-24-15-7-5-14(6-8-15)18-12-13(11-17)16-19-21-22-20-16/h5-8,12,18H,3-4,9-10H2,1-2H3,(H,19,20,21,22). The van der Waals surface area contributed by atoms with Gasteiger partial charge in [-0.1, -0.05) is 13.8 Å². The summed E-state index contributed by atoms with van der Waals surface area (Å²) in [5.41, 5.74) is 1.13. The molecule has 0 saturated heterocycles. The number of nitrogens with one attached hydrogen (secondary N) is 2. The maximum Gasteiger partial charge on any atom is 0.216 e. The van der Waals surface area contributed by atoms with Crippen LogP contribution in [0, 0.1) is 11.3 Å². The molecule has 1 heterocycles. The lowest BCUT2D eigenvalue weighted by Crippen LogP contribution is -2.27. The maximum atomic E-state index is 9.10. The minimum absolute atomic E-state index is 0.251. The highest BCUT2D eigenvalue weighted by Crippen LogP contribution is 2.16. The third-order valence-corrected chi connectivity index (χ3v) is 3.51. The van der Waals surface area contributed by atoms with Crippen LogP contribution in [0.2, 0.25) is 0 Å². The van der Waals surface area contributed by atoms with Crippen molar-refractivity contribution in [2.24, 2.45) is 0 Å². The molecule has 2 rings (SSSR count). The number of hydrogen-bond donors (Lipinski definition) is 2. The summed E-state index contributed by atoms with van der Waals surface area (Å²) in [4.78, 5) is 2.31. The number of aromatic amines is 1. The van der Waals surface area contributed by atoms with Crippen molar-refractivity contribution in [3.05, 3.63) is 36.3 Å². The van der Waals surface area contributed by atoms with Gasteiger partial charge in [0.05, 0.1) is 0 Å². The average Bonchev–Trinajstić information content (AvgIpc) is 3.15. The van der Waals surface area contributed by atoms with Crippen molar-refractivity contribution in [3.63, 3.8) is 0 Å². The van der Waals surface area contributed by atoms with Gasteiger partial charge < -0.3 is 15.0 Å². The van der Waals surface area contributed by atoms with E-state index in [-0.39, 0.29) is 5.82 Å². The van der Waals surface area contributed by atoms with Gasteiger partial charge in [-0.25, -0.2) is 0 Å². The molecule has 126 valence electrons. The Balaban J connectivity index is 1.87. The van der Waals surface area contributed by atoms with Crippen LogP contribution < -0.4 is 10.1 Å². The maximum absolute atomic E-state index is 9.10. The number of tetrazole rings is 1. The Morgan fingerprint density at radius 2 is 2.08 bits per heavy atom. The zero-order chi connectivity index (χ0) is 17.2. The largest absolute Gasteiger partial charge is 0.492 e. The topological polar surface area (TPSA) is 103 Å². The van der Waals surface area contributed by atoms with E-state index in [1.807, 2.05) is 30.3 Å². The molecular formula is C16H21N7O. The van der Waals surface area contributed by atoms with Crippen LogP contribution in [0.5, 0.6) is 5.75 Å². The number of aromatic nitrogens is 4. The van der Waals surface area contributed by atoms with Crippen molar-refractivity contribution in [2.45, 2.75) is 13.8 Å². The van der Waals surface area contributed by atoms with Gasteiger partial charge in [0.1, 0.15) is 24.0 Å². The zero-order valence-corrected chi connectivity index (χ0v) is 13.9. The number of ether oxygens (including phenoxy) is 1. The van der Waals surface area contributed by atoms with Crippen molar-refractivity contribution in [1.82, 2.24) is 25.5 Å². The van der Waals surface area contributed by atoms with Gasteiger partial charge in [-0.15, -0.1) is 10.2 Å². The van der Waals surface area contributed by atoms with E-state index in [0.717, 1.165) is 31.1 Å². The number of nitriles is 1. The van der Waals surface area contributed by atoms with E-state index in [1.54, 1.807) is 6.20 Å². The highest BCUT2D eigenvalue weighted by atomic mass is 16.5. The number of likely N-dealkylation sites (N-methyl/N-ethyl adjacent to an activating group) is 1. The first-order valence-electron chi connectivity index (χ1n) is 7.82. The molecule has 0 aliphatic rings. The summed E-state index contributed by atoms with van der Waals surface area (Å²) in [6.07, 6.45) is 1.54. The van der Waals surface area contributed by atoms with Crippen molar-refractivity contribution in [1.29, 1.82) is 5.26 Å². The van der Waals surface area contributed by atoms with Gasteiger partial charge in [0.25, 0.3) is 0 Å². The molecule has 0 bridgehead atoms. The molecule has 24 heavy (non-hydrogen) atoms. The van der Waals surface area contributed by atoms with Gasteiger partial charge in [-0.2, -0.15) is 10.5 Å². The predicted octanol–water partition coefficient (Wildman–Crippen LogP) is 1.90. The van der Waals surface area contributed by atoms with E-state index in [2.05, 4.69) is 44.7 Å². The number of allylic oxidation sites excluding steroid dienone is 1. The van der Waals surface area contributed by atoms with E-state index >= 15 is 0 Å². The quantitative estimate of drug-likeness (QED) is 0.678. The molecule has 1 aromatic carbocycles. The number of benzene rings is 1. The lowest BCUT2D eigenvalue weighted by atomic mass is 10.3. The second-order valence-corrected chi connectivity index (χ2v) is 4.95. The lowest BCUT2D eigenvalue weighted by molar-refractivity contribution is 0.223. The highest BCUT2D eigenvalue weighted by molar-refractivity contribution is 5.74. The van der Waals surface area contributed by atoms with Crippen LogP contribution in [-0.4, -0.2) is 51.8 Å². The summed E-state index contributed by atoms with van der Waals surface area (Å²) in [6, 6.07) is 9.56. The van der Waals surface area contributed by atoms with Gasteiger partial charge in [-0.3, -0.25) is 0 Å². The normalized spacial score (nSPS) is 11.3. The van der Waals surface area contributed by atoms with Crippen LogP contribution >= 0.6 is 0 Å². The summed E-state index contributed by atoms with van der Waals surface area (Å²) in [6.45, 7) is 7.90. The van der Waals surface area contributed by atoms with E-state index in [0.29, 0.717) is 12.2 Å². The summed E-state index contributed by atoms with van der Waals surface area (Å²) < 4.78 is 5.73. The van der Waals surface area contributed by atoms with Crippen LogP contribution in [0.1, 0.15) is 19.7 Å². The zero-order valence-electron chi connectivity index (χ0n) is 13.9. The molecule has 0 radical (unpaired) electrons. The van der Waals surface area contributed by atoms with Crippen molar-refractivity contribution < 1.29 is 4.74 Å². The Bertz CT molecular complexity index is 669. The molecule has 0 aliphatic heterocycles. The molecule has 0 saturated carbocycles. The molecular weight excluding hydrogens is 306 g/mol. The molecule has 0 atom stereocenters. The number of hydrogen-bond acceptors (Lipinski definition) is 7. The molecule has 0 spiro atoms. The van der Waals surface area contributed by atoms with Gasteiger partial charge in [0.15, 0.2) is 0 Å². The first kappa shape index (κ1) is 17.4. The van der Waals surface area contributed by atoms with Gasteiger partial charge in [-0.05, 0) is 42.6 Å². The smallest absolute Gasteiger partial charge is 0.216 e. The fourth-order valence-electron chi connectivity index (χ4n) is 2.06. The second kappa shape index (κ2) is 9.27. The second-order valence-electron chi connectivity index (χ2n) is 4.95. The summed E-state index contributed by atoms with van der Waals surface area (Å²) in [5.74, 6) is 1.07. The van der Waals surface area contributed by atoms with Crippen molar-refractivity contribution >= 4 is 11.3 Å². The van der Waals surface area contributed by atoms with Crippen LogP contribution in [0.3, 0.4) is 0 Å². The van der Waals surface area contributed by atoms with Crippen LogP contribution in [0.25, 0.3) is 5.57 Å². The Hall–Kier alpha value is -2.92. The number of rotatable bonds is 9. The van der Waals surface area contributed by atoms with E-state index < -0.39 is 0 Å². The molecule has 1 aromatic heterocycles. The molecule has 8 heteroatoms. The average molecular weight is 327 g/mol. The van der Waals surface area contributed by atoms with E-state index in [1.165, 1.54) is 0 Å². The third kappa shape index (κ3) is 5.07. The van der Waals surface area contributed by atoms with Gasteiger partial charge in [0.2, 0.25) is 5.82 Å². The fourth-order valence-corrected chi connectivity index (χ4v) is 2.06. The molecule has 0 fully saturated rings. The fraction of sp³-hybridized carbons (Fsp3) is 0.375. The Kier molecular flexibility index (Phi) is 6.73. The lowest BCUT2D eigenvalue weighted by Gasteiger charge is -2.18. The van der Waals surface area contributed by atoms with Crippen LogP contribution in [0.15, 0.2) is 30.5 Å². The summed E-state index contributed by atoms with van der Waals surface area (Å²) in [7, 11) is 0. The third-order valence-electron chi connectivity index (χ3n) is 3.51. The van der Waals surface area contributed by atoms with Crippen LogP contribution in [-0.2, 0) is 0 Å². The minimum Gasteiger partial charge on any atom is -0.492 e. The Labute approximate surface area is 141 Å². The van der Waals surface area contributed by atoms with Crippen molar-refractivity contribution in [2.75, 3.05) is 31.6 Å². The van der Waals surface area contributed by atoms with Crippen LogP contribution in [0.4, 0.5) is 5.69 Å². The molecule has 0 aliphatic carbocycles. The molecule has 2 aromatic rings. The summed E-state index contributed by atoms with van der Waals surface area (Å²) >= 11 is 0. The van der Waals surface area contributed by atoms with Gasteiger partial charge in [0, 0.05) is 18.4 Å². The molecule has 8 nitrogen and oxygen atoms in total. The monoisotopic (exact) mass is 327 g/mol. The summed E-state index contributed by atoms with van der Waals surface area (Å²) in [5, 5.41) is 25.4. The number of anilines is 1. The minimum atomic E-state index is 0.251. The van der Waals surface area contributed by atoms with E-state index in [9.17, 15) is 0 Å². The van der Waals surface area contributed by atoms with Crippen molar-refractivity contribution in [3.8, 4) is 11.8 Å². The SMILES string of the molecule is CCN(CC)CCOc1ccc(NC=C(C#N)c2nn[nH]n2)cc1. The Morgan fingerprint density at radius 3 is 2.67 bits per heavy atom. The molecule has 0 unspecified atom stereocenters. The number of nitrogens with zero attached hydrogens (tertiary/aromatic N) is 5.